The van der Waals surface area contributed by atoms with Crippen LogP contribution in [0.15, 0.2) is 22.6 Å². The van der Waals surface area contributed by atoms with Crippen LogP contribution in [0.25, 0.3) is 11.1 Å². The number of alkyl halides is 2. The van der Waals surface area contributed by atoms with Gasteiger partial charge in [-0.1, -0.05) is 6.07 Å². The van der Waals surface area contributed by atoms with E-state index in [1.165, 1.54) is 6.07 Å². The topological polar surface area (TPSA) is 72.6 Å². The average Bonchev–Trinajstić information content (AvgIpc) is 2.76. The van der Waals surface area contributed by atoms with E-state index in [0.29, 0.717) is 5.52 Å². The van der Waals surface area contributed by atoms with Gasteiger partial charge in [0.2, 0.25) is 0 Å². The number of carboxylic acids is 1. The highest BCUT2D eigenvalue weighted by Crippen LogP contribution is 2.20. The summed E-state index contributed by atoms with van der Waals surface area (Å²) in [5.41, 5.74) is 0.618. The monoisotopic (exact) mass is 271 g/mol. The van der Waals surface area contributed by atoms with Gasteiger partial charge in [-0.15, -0.1) is 0 Å². The Morgan fingerprint density at radius 2 is 2.26 bits per heavy atom. The SMILES string of the molecule is O=C(O)c1cccc2nc(CCOCC(F)F)oc12. The van der Waals surface area contributed by atoms with Crippen LogP contribution in [0.4, 0.5) is 8.78 Å². The molecule has 0 fully saturated rings. The summed E-state index contributed by atoms with van der Waals surface area (Å²) in [6.45, 7) is -0.597. The molecule has 0 unspecified atom stereocenters. The highest BCUT2D eigenvalue weighted by atomic mass is 19.3. The lowest BCUT2D eigenvalue weighted by Gasteiger charge is -2.00. The molecule has 5 nitrogen and oxygen atoms in total. The average molecular weight is 271 g/mol. The minimum Gasteiger partial charge on any atom is -0.478 e. The number of fused-ring (bicyclic) bond motifs is 1. The summed E-state index contributed by atoms with van der Waals surface area (Å²) in [5, 5.41) is 8.97. The Morgan fingerprint density at radius 1 is 1.47 bits per heavy atom. The predicted molar refractivity (Wildman–Crippen MR) is 61.5 cm³/mol. The third kappa shape index (κ3) is 3.25. The fourth-order valence-corrected chi connectivity index (χ4v) is 1.60. The predicted octanol–water partition coefficient (Wildman–Crippen LogP) is 2.35. The third-order valence-corrected chi connectivity index (χ3v) is 2.39. The van der Waals surface area contributed by atoms with Gasteiger partial charge in [-0.3, -0.25) is 0 Å². The van der Waals surface area contributed by atoms with Crippen molar-refractivity contribution in [3.8, 4) is 0 Å². The van der Waals surface area contributed by atoms with Crippen LogP contribution in [-0.4, -0.2) is 35.7 Å². The van der Waals surface area contributed by atoms with Crippen LogP contribution in [0, 0.1) is 0 Å². The van der Waals surface area contributed by atoms with Crippen molar-refractivity contribution in [1.82, 2.24) is 4.98 Å². The third-order valence-electron chi connectivity index (χ3n) is 2.39. The normalized spacial score (nSPS) is 11.3. The van der Waals surface area contributed by atoms with E-state index in [2.05, 4.69) is 4.98 Å². The van der Waals surface area contributed by atoms with Gasteiger partial charge in [-0.05, 0) is 12.1 Å². The number of oxazole rings is 1. The molecule has 0 aliphatic rings. The smallest absolute Gasteiger partial charge is 0.339 e. The molecule has 0 saturated carbocycles. The van der Waals surface area contributed by atoms with E-state index in [-0.39, 0.29) is 30.1 Å². The highest BCUT2D eigenvalue weighted by Gasteiger charge is 2.14. The van der Waals surface area contributed by atoms with Crippen LogP contribution in [0.1, 0.15) is 16.2 Å². The standard InChI is InChI=1S/C12H11F2NO4/c13-9(14)6-18-5-4-10-15-8-3-1-2-7(12(16)17)11(8)19-10/h1-3,9H,4-6H2,(H,16,17). The largest absolute Gasteiger partial charge is 0.478 e. The van der Waals surface area contributed by atoms with Gasteiger partial charge in [0.05, 0.1) is 6.61 Å². The zero-order chi connectivity index (χ0) is 13.8. The molecule has 1 aromatic carbocycles. The van der Waals surface area contributed by atoms with Crippen molar-refractivity contribution in [3.05, 3.63) is 29.7 Å². The molecule has 2 rings (SSSR count). The van der Waals surface area contributed by atoms with Crippen molar-refractivity contribution < 1.29 is 27.8 Å². The minimum absolute atomic E-state index is 0.0183. The molecule has 0 amide bonds. The second kappa shape index (κ2) is 5.75. The molecule has 1 heterocycles. The summed E-state index contributed by atoms with van der Waals surface area (Å²) in [7, 11) is 0. The van der Waals surface area contributed by atoms with Gasteiger partial charge in [0, 0.05) is 6.42 Å². The van der Waals surface area contributed by atoms with Crippen molar-refractivity contribution in [2.75, 3.05) is 13.2 Å². The van der Waals surface area contributed by atoms with Crippen molar-refractivity contribution >= 4 is 17.1 Å². The van der Waals surface area contributed by atoms with E-state index >= 15 is 0 Å². The maximum absolute atomic E-state index is 11.8. The van der Waals surface area contributed by atoms with Crippen molar-refractivity contribution in [2.45, 2.75) is 12.8 Å². The number of carboxylic acid groups (broad SMARTS) is 1. The maximum atomic E-state index is 11.8. The number of para-hydroxylation sites is 1. The van der Waals surface area contributed by atoms with Crippen LogP contribution in [0.2, 0.25) is 0 Å². The summed E-state index contributed by atoms with van der Waals surface area (Å²) in [4.78, 5) is 15.0. The molecule has 102 valence electrons. The van der Waals surface area contributed by atoms with E-state index in [9.17, 15) is 13.6 Å². The number of ether oxygens (including phenoxy) is 1. The maximum Gasteiger partial charge on any atom is 0.339 e. The fraction of sp³-hybridized carbons (Fsp3) is 0.333. The molecular weight excluding hydrogens is 260 g/mol. The molecule has 0 spiro atoms. The lowest BCUT2D eigenvalue weighted by Crippen LogP contribution is -2.07. The van der Waals surface area contributed by atoms with Crippen LogP contribution in [0.3, 0.4) is 0 Å². The second-order valence-electron chi connectivity index (χ2n) is 3.78. The molecule has 1 aromatic heterocycles. The van der Waals surface area contributed by atoms with Gasteiger partial charge in [-0.25, -0.2) is 18.6 Å². The molecule has 2 aromatic rings. The van der Waals surface area contributed by atoms with E-state index in [1.807, 2.05) is 0 Å². The fourth-order valence-electron chi connectivity index (χ4n) is 1.60. The Hall–Kier alpha value is -2.02. The first-order chi connectivity index (χ1) is 9.08. The Labute approximate surface area is 106 Å². The summed E-state index contributed by atoms with van der Waals surface area (Å²) >= 11 is 0. The van der Waals surface area contributed by atoms with Gasteiger partial charge < -0.3 is 14.3 Å². The number of hydrogen-bond donors (Lipinski definition) is 1. The molecule has 19 heavy (non-hydrogen) atoms. The van der Waals surface area contributed by atoms with E-state index in [4.69, 9.17) is 14.3 Å². The van der Waals surface area contributed by atoms with E-state index in [0.717, 1.165) is 0 Å². The van der Waals surface area contributed by atoms with Crippen molar-refractivity contribution in [1.29, 1.82) is 0 Å². The zero-order valence-electron chi connectivity index (χ0n) is 9.81. The number of aromatic nitrogens is 1. The van der Waals surface area contributed by atoms with Gasteiger partial charge in [-0.2, -0.15) is 0 Å². The number of carbonyl (C=O) groups is 1. The summed E-state index contributed by atoms with van der Waals surface area (Å²) in [6.07, 6.45) is -2.30. The van der Waals surface area contributed by atoms with Crippen LogP contribution >= 0.6 is 0 Å². The quantitative estimate of drug-likeness (QED) is 0.816. The lowest BCUT2D eigenvalue weighted by atomic mass is 10.2. The zero-order valence-corrected chi connectivity index (χ0v) is 9.81. The van der Waals surface area contributed by atoms with E-state index in [1.54, 1.807) is 12.1 Å². The minimum atomic E-state index is -2.51. The van der Waals surface area contributed by atoms with Crippen LogP contribution in [-0.2, 0) is 11.2 Å². The number of aromatic carboxylic acids is 1. The lowest BCUT2D eigenvalue weighted by molar-refractivity contribution is 0.0174. The first kappa shape index (κ1) is 13.4. The summed E-state index contributed by atoms with van der Waals surface area (Å²) in [5.74, 6) is -0.847. The Morgan fingerprint density at radius 3 is 2.95 bits per heavy atom. The molecule has 0 aliphatic heterocycles. The second-order valence-corrected chi connectivity index (χ2v) is 3.78. The molecular formula is C12H11F2NO4. The molecule has 0 aliphatic carbocycles. The number of halogens is 2. The number of nitrogens with zero attached hydrogens (tertiary/aromatic N) is 1. The number of benzene rings is 1. The number of hydrogen-bond acceptors (Lipinski definition) is 4. The Bertz CT molecular complexity index is 582. The van der Waals surface area contributed by atoms with Crippen LogP contribution in [0.5, 0.6) is 0 Å². The molecule has 7 heteroatoms. The first-order valence-corrected chi connectivity index (χ1v) is 5.55. The van der Waals surface area contributed by atoms with E-state index < -0.39 is 19.0 Å². The molecule has 0 radical (unpaired) electrons. The summed E-state index contributed by atoms with van der Waals surface area (Å²) in [6, 6.07) is 4.59. The van der Waals surface area contributed by atoms with Gasteiger partial charge in [0.1, 0.15) is 17.7 Å². The highest BCUT2D eigenvalue weighted by molar-refractivity contribution is 5.99. The van der Waals surface area contributed by atoms with Crippen molar-refractivity contribution in [3.63, 3.8) is 0 Å². The summed E-state index contributed by atoms with van der Waals surface area (Å²) < 4.78 is 33.7. The van der Waals surface area contributed by atoms with Crippen molar-refractivity contribution in [2.24, 2.45) is 0 Å². The molecule has 0 bridgehead atoms. The Kier molecular flexibility index (Phi) is 4.06. The Balaban J connectivity index is 2.09. The van der Waals surface area contributed by atoms with Crippen LogP contribution < -0.4 is 0 Å². The first-order valence-electron chi connectivity index (χ1n) is 5.55. The van der Waals surface area contributed by atoms with Gasteiger partial charge in [0.15, 0.2) is 11.5 Å². The van der Waals surface area contributed by atoms with Gasteiger partial charge in [0.25, 0.3) is 6.43 Å². The molecule has 0 atom stereocenters. The van der Waals surface area contributed by atoms with Gasteiger partial charge >= 0.3 is 5.97 Å². The molecule has 0 saturated heterocycles. The molecule has 1 N–H and O–H groups in total. The number of rotatable bonds is 6.